The Morgan fingerprint density at radius 1 is 0.857 bits per heavy atom. The van der Waals surface area contributed by atoms with Gasteiger partial charge in [-0.15, -0.1) is 11.3 Å². The van der Waals surface area contributed by atoms with Gasteiger partial charge in [-0.1, -0.05) is 24.3 Å². The Labute approximate surface area is 207 Å². The van der Waals surface area contributed by atoms with E-state index in [1.54, 1.807) is 40.5 Å². The number of nitrogens with zero attached hydrogens (tertiary/aromatic N) is 3. The van der Waals surface area contributed by atoms with Gasteiger partial charge < -0.3 is 9.80 Å². The van der Waals surface area contributed by atoms with Crippen LogP contribution in [0.1, 0.15) is 27.6 Å². The van der Waals surface area contributed by atoms with Gasteiger partial charge in [0.15, 0.2) is 0 Å². The van der Waals surface area contributed by atoms with Gasteiger partial charge in [-0.05, 0) is 58.8 Å². The Morgan fingerprint density at radius 3 is 2.29 bits per heavy atom. The van der Waals surface area contributed by atoms with Crippen LogP contribution in [0.4, 0.5) is 8.78 Å². The van der Waals surface area contributed by atoms with Crippen LogP contribution in [0.5, 0.6) is 0 Å². The minimum Gasteiger partial charge on any atom is -0.339 e. The first-order valence-corrected chi connectivity index (χ1v) is 12.7. The minimum atomic E-state index is -0.322. The third-order valence-electron chi connectivity index (χ3n) is 6.82. The number of hydrogen-bond acceptors (Lipinski definition) is 4. The van der Waals surface area contributed by atoms with Crippen LogP contribution in [0.3, 0.4) is 0 Å². The molecule has 8 heteroatoms. The molecule has 182 valence electrons. The number of fused-ring (bicyclic) bond motifs is 1. The molecule has 0 aliphatic carbocycles. The van der Waals surface area contributed by atoms with Crippen LogP contribution in [0.2, 0.25) is 0 Å². The summed E-state index contributed by atoms with van der Waals surface area (Å²) in [6.45, 7) is 2.91. The van der Waals surface area contributed by atoms with Gasteiger partial charge in [-0.2, -0.15) is 0 Å². The summed E-state index contributed by atoms with van der Waals surface area (Å²) < 4.78 is 27.1. The smallest absolute Gasteiger partial charge is 0.236 e. The maximum absolute atomic E-state index is 14.0. The predicted molar refractivity (Wildman–Crippen MR) is 131 cm³/mol. The van der Waals surface area contributed by atoms with Crippen molar-refractivity contribution in [1.82, 2.24) is 14.7 Å². The van der Waals surface area contributed by atoms with Gasteiger partial charge >= 0.3 is 0 Å². The number of rotatable bonds is 5. The van der Waals surface area contributed by atoms with Crippen molar-refractivity contribution in [2.24, 2.45) is 0 Å². The Bertz CT molecular complexity index is 1210. The topological polar surface area (TPSA) is 43.9 Å². The normalized spacial score (nSPS) is 18.4. The second-order valence-electron chi connectivity index (χ2n) is 9.04. The molecule has 5 nitrogen and oxygen atoms in total. The van der Waals surface area contributed by atoms with E-state index in [-0.39, 0.29) is 42.5 Å². The van der Waals surface area contributed by atoms with E-state index in [2.05, 4.69) is 16.3 Å². The van der Waals surface area contributed by atoms with Crippen molar-refractivity contribution in [1.29, 1.82) is 0 Å². The number of benzene rings is 2. The summed E-state index contributed by atoms with van der Waals surface area (Å²) in [7, 11) is 0. The maximum atomic E-state index is 14.0. The quantitative estimate of drug-likeness (QED) is 0.540. The summed E-state index contributed by atoms with van der Waals surface area (Å²) in [5.74, 6) is -0.596. The van der Waals surface area contributed by atoms with Gasteiger partial charge in [-0.25, -0.2) is 8.78 Å². The van der Waals surface area contributed by atoms with Crippen molar-refractivity contribution in [2.75, 3.05) is 39.3 Å². The van der Waals surface area contributed by atoms with E-state index >= 15 is 0 Å². The SMILES string of the molecule is O=C(Cc1ccc(F)cc1)N1CCN(C(=O)CN2CCc3sccc3C2c2cccc(F)c2)CC1. The van der Waals surface area contributed by atoms with Crippen molar-refractivity contribution in [2.45, 2.75) is 18.9 Å². The third kappa shape index (κ3) is 5.28. The van der Waals surface area contributed by atoms with Gasteiger partial charge in [0.1, 0.15) is 11.6 Å². The molecule has 2 aromatic carbocycles. The molecule has 1 aromatic heterocycles. The fourth-order valence-corrected chi connectivity index (χ4v) is 5.88. The summed E-state index contributed by atoms with van der Waals surface area (Å²) in [5.41, 5.74) is 2.78. The molecular formula is C27H27F2N3O2S. The van der Waals surface area contributed by atoms with Gasteiger partial charge in [0, 0.05) is 37.6 Å². The standard InChI is InChI=1S/C27H27F2N3O2S/c28-21-6-4-19(5-7-21)16-25(33)30-11-13-31(14-12-30)26(34)18-32-10-8-24-23(9-15-35-24)27(32)20-2-1-3-22(29)17-20/h1-7,9,15,17,27H,8,10-14,16,18H2. The van der Waals surface area contributed by atoms with Crippen molar-refractivity contribution in [3.63, 3.8) is 0 Å². The van der Waals surface area contributed by atoms with Crippen molar-refractivity contribution in [3.8, 4) is 0 Å². The fraction of sp³-hybridized carbons (Fsp3) is 0.333. The second-order valence-corrected chi connectivity index (χ2v) is 10.0. The summed E-state index contributed by atoms with van der Waals surface area (Å²) in [6, 6.07) is 14.5. The summed E-state index contributed by atoms with van der Waals surface area (Å²) in [5, 5.41) is 2.06. The molecule has 0 bridgehead atoms. The zero-order valence-corrected chi connectivity index (χ0v) is 20.1. The Kier molecular flexibility index (Phi) is 6.92. The largest absolute Gasteiger partial charge is 0.339 e. The first-order valence-electron chi connectivity index (χ1n) is 11.8. The number of thiophene rings is 1. The minimum absolute atomic E-state index is 0.0177. The van der Waals surface area contributed by atoms with E-state index in [9.17, 15) is 18.4 Å². The molecule has 1 unspecified atom stereocenters. The van der Waals surface area contributed by atoms with E-state index in [0.717, 1.165) is 29.7 Å². The molecule has 0 saturated carbocycles. The van der Waals surface area contributed by atoms with Crippen molar-refractivity contribution >= 4 is 23.2 Å². The highest BCUT2D eigenvalue weighted by Crippen LogP contribution is 2.37. The van der Waals surface area contributed by atoms with Crippen LogP contribution in [0.25, 0.3) is 0 Å². The zero-order chi connectivity index (χ0) is 24.4. The maximum Gasteiger partial charge on any atom is 0.236 e. The summed E-state index contributed by atoms with van der Waals surface area (Å²) in [6.07, 6.45) is 1.10. The first kappa shape index (κ1) is 23.6. The molecule has 0 N–H and O–H groups in total. The first-order chi connectivity index (χ1) is 17.0. The molecule has 0 spiro atoms. The molecule has 5 rings (SSSR count). The Balaban J connectivity index is 1.21. The van der Waals surface area contributed by atoms with Crippen molar-refractivity contribution < 1.29 is 18.4 Å². The molecule has 2 aliphatic heterocycles. The molecule has 3 aromatic rings. The lowest BCUT2D eigenvalue weighted by atomic mass is 9.93. The highest BCUT2D eigenvalue weighted by atomic mass is 32.1. The molecular weight excluding hydrogens is 468 g/mol. The monoisotopic (exact) mass is 495 g/mol. The molecule has 2 aliphatic rings. The molecule has 3 heterocycles. The number of halogens is 2. The zero-order valence-electron chi connectivity index (χ0n) is 19.3. The van der Waals surface area contributed by atoms with Crippen LogP contribution in [0, 0.1) is 11.6 Å². The van der Waals surface area contributed by atoms with Gasteiger partial charge in [0.25, 0.3) is 0 Å². The molecule has 1 atom stereocenters. The van der Waals surface area contributed by atoms with E-state index in [0.29, 0.717) is 26.2 Å². The van der Waals surface area contributed by atoms with Gasteiger partial charge in [0.2, 0.25) is 11.8 Å². The lowest BCUT2D eigenvalue weighted by molar-refractivity contribution is -0.140. The van der Waals surface area contributed by atoms with Crippen LogP contribution in [0.15, 0.2) is 60.0 Å². The number of amides is 2. The number of carbonyl (C=O) groups excluding carboxylic acids is 2. The second kappa shape index (κ2) is 10.3. The summed E-state index contributed by atoms with van der Waals surface area (Å²) >= 11 is 1.71. The third-order valence-corrected chi connectivity index (χ3v) is 7.82. The van der Waals surface area contributed by atoms with E-state index in [1.807, 2.05) is 11.0 Å². The van der Waals surface area contributed by atoms with E-state index in [4.69, 9.17) is 0 Å². The molecule has 1 fully saturated rings. The Morgan fingerprint density at radius 2 is 1.57 bits per heavy atom. The predicted octanol–water partition coefficient (Wildman–Crippen LogP) is 3.89. The van der Waals surface area contributed by atoms with Crippen LogP contribution in [-0.4, -0.2) is 65.8 Å². The molecule has 1 saturated heterocycles. The lowest BCUT2D eigenvalue weighted by Gasteiger charge is -2.39. The van der Waals surface area contributed by atoms with E-state index < -0.39 is 0 Å². The number of piperazine rings is 1. The Hall–Kier alpha value is -3.10. The lowest BCUT2D eigenvalue weighted by Crippen LogP contribution is -2.53. The highest BCUT2D eigenvalue weighted by Gasteiger charge is 2.33. The number of carbonyl (C=O) groups is 2. The average Bonchev–Trinajstić information content (AvgIpc) is 3.34. The average molecular weight is 496 g/mol. The van der Waals surface area contributed by atoms with Crippen molar-refractivity contribution in [3.05, 3.63) is 93.2 Å². The van der Waals surface area contributed by atoms with Crippen LogP contribution >= 0.6 is 11.3 Å². The summed E-state index contributed by atoms with van der Waals surface area (Å²) in [4.78, 5) is 32.9. The molecule has 2 amide bonds. The van der Waals surface area contributed by atoms with E-state index in [1.165, 1.54) is 23.1 Å². The highest BCUT2D eigenvalue weighted by molar-refractivity contribution is 7.10. The van der Waals surface area contributed by atoms with Crippen LogP contribution < -0.4 is 0 Å². The molecule has 0 radical (unpaired) electrons. The van der Waals surface area contributed by atoms with Gasteiger partial charge in [-0.3, -0.25) is 14.5 Å². The fourth-order valence-electron chi connectivity index (χ4n) is 4.97. The molecule has 35 heavy (non-hydrogen) atoms. The van der Waals surface area contributed by atoms with Gasteiger partial charge in [0.05, 0.1) is 19.0 Å². The number of hydrogen-bond donors (Lipinski definition) is 0. The van der Waals surface area contributed by atoms with Crippen LogP contribution in [-0.2, 0) is 22.4 Å².